The first-order valence-electron chi connectivity index (χ1n) is 4.86. The van der Waals surface area contributed by atoms with Crippen LogP contribution < -0.4 is 11.1 Å². The Morgan fingerprint density at radius 1 is 1.47 bits per heavy atom. The summed E-state index contributed by atoms with van der Waals surface area (Å²) in [5, 5.41) is 2.65. The number of amides is 1. The van der Waals surface area contributed by atoms with E-state index in [0.717, 1.165) is 5.69 Å². The topological polar surface area (TPSA) is 80.9 Å². The van der Waals surface area contributed by atoms with Crippen LogP contribution in [0.2, 0.25) is 0 Å². The Kier molecular flexibility index (Phi) is 3.74. The Hall–Kier alpha value is -1.49. The molecule has 1 aromatic rings. The Labute approximate surface area is 89.1 Å². The molecule has 0 unspecified atom stereocenters. The van der Waals surface area contributed by atoms with E-state index < -0.39 is 6.04 Å². The summed E-state index contributed by atoms with van der Waals surface area (Å²) in [7, 11) is 0. The summed E-state index contributed by atoms with van der Waals surface area (Å²) >= 11 is 0. The number of rotatable bonds is 3. The molecule has 3 N–H and O–H groups in total. The fourth-order valence-corrected chi connectivity index (χ4v) is 1.04. The Morgan fingerprint density at radius 2 is 2.13 bits per heavy atom. The number of carbonyl (C=O) groups is 1. The van der Waals surface area contributed by atoms with Crippen molar-refractivity contribution in [3.63, 3.8) is 0 Å². The van der Waals surface area contributed by atoms with E-state index in [9.17, 15) is 4.79 Å². The molecule has 0 aromatic carbocycles. The molecule has 0 bridgehead atoms. The van der Waals surface area contributed by atoms with Crippen molar-refractivity contribution < 1.29 is 4.79 Å². The van der Waals surface area contributed by atoms with Gasteiger partial charge in [-0.3, -0.25) is 4.79 Å². The van der Waals surface area contributed by atoms with Crippen LogP contribution in [-0.2, 0) is 4.79 Å². The lowest BCUT2D eigenvalue weighted by atomic mass is 10.1. The van der Waals surface area contributed by atoms with Crippen molar-refractivity contribution in [1.82, 2.24) is 9.97 Å². The van der Waals surface area contributed by atoms with Gasteiger partial charge in [-0.05, 0) is 12.8 Å². The maximum Gasteiger partial charge on any atom is 0.242 e. The number of hydrogen-bond donors (Lipinski definition) is 2. The lowest BCUT2D eigenvalue weighted by Gasteiger charge is -2.14. The summed E-state index contributed by atoms with van der Waals surface area (Å²) in [5.41, 5.74) is 6.49. The monoisotopic (exact) mass is 208 g/mol. The Balaban J connectivity index is 2.66. The summed E-state index contributed by atoms with van der Waals surface area (Å²) in [6, 6.07) is 1.19. The molecule has 0 saturated carbocycles. The maximum absolute atomic E-state index is 11.6. The SMILES string of the molecule is Cc1cc(NC(=O)[C@@H](N)C(C)C)ncn1. The quantitative estimate of drug-likeness (QED) is 0.766. The van der Waals surface area contributed by atoms with E-state index in [1.807, 2.05) is 20.8 Å². The molecule has 82 valence electrons. The zero-order valence-corrected chi connectivity index (χ0v) is 9.19. The first-order chi connectivity index (χ1) is 7.00. The number of nitrogens with one attached hydrogen (secondary N) is 1. The van der Waals surface area contributed by atoms with Crippen LogP contribution in [0.4, 0.5) is 5.82 Å². The van der Waals surface area contributed by atoms with Crippen molar-refractivity contribution >= 4 is 11.7 Å². The number of nitrogens with two attached hydrogens (primary N) is 1. The fourth-order valence-electron chi connectivity index (χ4n) is 1.04. The molecule has 0 aliphatic heterocycles. The summed E-state index contributed by atoms with van der Waals surface area (Å²) in [4.78, 5) is 19.4. The molecule has 0 aliphatic rings. The van der Waals surface area contributed by atoms with Crippen LogP contribution in [0, 0.1) is 12.8 Å². The molecule has 1 heterocycles. The van der Waals surface area contributed by atoms with Crippen molar-refractivity contribution in [2.45, 2.75) is 26.8 Å². The zero-order valence-electron chi connectivity index (χ0n) is 9.19. The molecule has 15 heavy (non-hydrogen) atoms. The minimum Gasteiger partial charge on any atom is -0.320 e. The van der Waals surface area contributed by atoms with Crippen LogP contribution in [0.1, 0.15) is 19.5 Å². The highest BCUT2D eigenvalue weighted by molar-refractivity contribution is 5.94. The van der Waals surface area contributed by atoms with Crippen LogP contribution in [-0.4, -0.2) is 21.9 Å². The van der Waals surface area contributed by atoms with Gasteiger partial charge in [0.25, 0.3) is 0 Å². The minimum absolute atomic E-state index is 0.105. The van der Waals surface area contributed by atoms with E-state index in [-0.39, 0.29) is 11.8 Å². The lowest BCUT2D eigenvalue weighted by molar-refractivity contribution is -0.118. The molecule has 0 spiro atoms. The molecule has 0 fully saturated rings. The van der Waals surface area contributed by atoms with Crippen LogP contribution in [0.15, 0.2) is 12.4 Å². The Bertz CT molecular complexity index is 351. The van der Waals surface area contributed by atoms with Gasteiger partial charge in [-0.1, -0.05) is 13.8 Å². The second-order valence-electron chi connectivity index (χ2n) is 3.80. The third-order valence-corrected chi connectivity index (χ3v) is 2.08. The van der Waals surface area contributed by atoms with Crippen LogP contribution >= 0.6 is 0 Å². The van der Waals surface area contributed by atoms with Crippen molar-refractivity contribution in [2.24, 2.45) is 11.7 Å². The smallest absolute Gasteiger partial charge is 0.242 e. The average Bonchev–Trinajstić information content (AvgIpc) is 2.16. The van der Waals surface area contributed by atoms with Crippen molar-refractivity contribution in [3.05, 3.63) is 18.1 Å². The van der Waals surface area contributed by atoms with Gasteiger partial charge in [0.05, 0.1) is 6.04 Å². The third-order valence-electron chi connectivity index (χ3n) is 2.08. The standard InChI is InChI=1S/C10H16N4O/c1-6(2)9(11)10(15)14-8-4-7(3)12-5-13-8/h4-6,9H,11H2,1-3H3,(H,12,13,14,15)/t9-/m0/s1. The van der Waals surface area contributed by atoms with Gasteiger partial charge in [0.2, 0.25) is 5.91 Å². The normalized spacial score (nSPS) is 12.6. The molecule has 1 aromatic heterocycles. The number of hydrogen-bond acceptors (Lipinski definition) is 4. The average molecular weight is 208 g/mol. The predicted octanol–water partition coefficient (Wildman–Crippen LogP) is 0.707. The van der Waals surface area contributed by atoms with Gasteiger partial charge in [0.1, 0.15) is 12.1 Å². The largest absolute Gasteiger partial charge is 0.320 e. The van der Waals surface area contributed by atoms with E-state index in [2.05, 4.69) is 15.3 Å². The number of aryl methyl sites for hydroxylation is 1. The van der Waals surface area contributed by atoms with Gasteiger partial charge in [0.15, 0.2) is 0 Å². The molecule has 1 amide bonds. The third kappa shape index (κ3) is 3.28. The summed E-state index contributed by atoms with van der Waals surface area (Å²) in [6.45, 7) is 5.63. The molecule has 0 saturated heterocycles. The summed E-state index contributed by atoms with van der Waals surface area (Å²) in [6.07, 6.45) is 1.41. The second-order valence-corrected chi connectivity index (χ2v) is 3.80. The van der Waals surface area contributed by atoms with Crippen molar-refractivity contribution in [3.8, 4) is 0 Å². The first-order valence-corrected chi connectivity index (χ1v) is 4.86. The lowest BCUT2D eigenvalue weighted by Crippen LogP contribution is -2.39. The molecular weight excluding hydrogens is 192 g/mol. The molecule has 0 radical (unpaired) electrons. The predicted molar refractivity (Wildman–Crippen MR) is 58.2 cm³/mol. The zero-order chi connectivity index (χ0) is 11.4. The Morgan fingerprint density at radius 3 is 2.67 bits per heavy atom. The summed E-state index contributed by atoms with van der Waals surface area (Å²) in [5.74, 6) is 0.375. The summed E-state index contributed by atoms with van der Waals surface area (Å²) < 4.78 is 0. The van der Waals surface area contributed by atoms with E-state index in [1.165, 1.54) is 6.33 Å². The molecule has 5 heteroatoms. The van der Waals surface area contributed by atoms with Crippen LogP contribution in [0.25, 0.3) is 0 Å². The molecule has 1 atom stereocenters. The van der Waals surface area contributed by atoms with E-state index in [4.69, 9.17) is 5.73 Å². The second kappa shape index (κ2) is 4.84. The highest BCUT2D eigenvalue weighted by Gasteiger charge is 2.17. The van der Waals surface area contributed by atoms with Crippen LogP contribution in [0.5, 0.6) is 0 Å². The molecule has 0 aliphatic carbocycles. The van der Waals surface area contributed by atoms with Gasteiger partial charge in [-0.25, -0.2) is 9.97 Å². The number of aromatic nitrogens is 2. The van der Waals surface area contributed by atoms with Crippen LogP contribution in [0.3, 0.4) is 0 Å². The van der Waals surface area contributed by atoms with Crippen molar-refractivity contribution in [2.75, 3.05) is 5.32 Å². The van der Waals surface area contributed by atoms with Crippen molar-refractivity contribution in [1.29, 1.82) is 0 Å². The first kappa shape index (κ1) is 11.6. The number of anilines is 1. The number of carbonyl (C=O) groups excluding carboxylic acids is 1. The minimum atomic E-state index is -0.514. The molecule has 5 nitrogen and oxygen atoms in total. The van der Waals surface area contributed by atoms with Gasteiger partial charge in [-0.15, -0.1) is 0 Å². The van der Waals surface area contributed by atoms with Gasteiger partial charge in [-0.2, -0.15) is 0 Å². The van der Waals surface area contributed by atoms with Gasteiger partial charge in [0, 0.05) is 11.8 Å². The van der Waals surface area contributed by atoms with E-state index in [0.29, 0.717) is 5.82 Å². The molecule has 1 rings (SSSR count). The highest BCUT2D eigenvalue weighted by Crippen LogP contribution is 2.05. The van der Waals surface area contributed by atoms with Gasteiger partial charge < -0.3 is 11.1 Å². The van der Waals surface area contributed by atoms with E-state index >= 15 is 0 Å². The van der Waals surface area contributed by atoms with Gasteiger partial charge >= 0.3 is 0 Å². The fraction of sp³-hybridized carbons (Fsp3) is 0.500. The molecular formula is C10H16N4O. The highest BCUT2D eigenvalue weighted by atomic mass is 16.2. The maximum atomic E-state index is 11.6. The number of nitrogens with zero attached hydrogens (tertiary/aromatic N) is 2. The van der Waals surface area contributed by atoms with E-state index in [1.54, 1.807) is 6.07 Å².